The van der Waals surface area contributed by atoms with Crippen LogP contribution < -0.4 is 0 Å². The van der Waals surface area contributed by atoms with E-state index in [-0.39, 0.29) is 18.1 Å². The lowest BCUT2D eigenvalue weighted by molar-refractivity contribution is -0.145. The predicted octanol–water partition coefficient (Wildman–Crippen LogP) is 2.07. The molecule has 0 aromatic heterocycles. The Morgan fingerprint density at radius 1 is 1.19 bits per heavy atom. The normalized spacial score (nSPS) is 27.0. The first-order valence-electron chi connectivity index (χ1n) is 7.92. The average molecular weight is 288 g/mol. The molecule has 0 bridgehead atoms. The Labute approximate surface area is 126 Å². The fraction of sp³-hybridized carbons (Fsp3) is 0.588. The fourth-order valence-corrected chi connectivity index (χ4v) is 3.50. The molecule has 21 heavy (non-hydrogen) atoms. The summed E-state index contributed by atoms with van der Waals surface area (Å²) in [5.74, 6) is 0.138. The molecule has 1 amide bonds. The lowest BCUT2D eigenvalue weighted by Gasteiger charge is -2.42. The maximum atomic E-state index is 12.0. The molecule has 0 radical (unpaired) electrons. The molecule has 114 valence electrons. The SMILES string of the molecule is CC(=O)N1CCO[C@@H](CN2CCCC2)[C@@H]1c1ccccc1. The van der Waals surface area contributed by atoms with Crippen molar-refractivity contribution in [2.45, 2.75) is 31.9 Å². The molecule has 0 spiro atoms. The summed E-state index contributed by atoms with van der Waals surface area (Å²) in [5, 5.41) is 0. The summed E-state index contributed by atoms with van der Waals surface area (Å²) in [7, 11) is 0. The first-order chi connectivity index (χ1) is 10.3. The van der Waals surface area contributed by atoms with E-state index in [1.54, 1.807) is 6.92 Å². The van der Waals surface area contributed by atoms with E-state index in [4.69, 9.17) is 4.74 Å². The van der Waals surface area contributed by atoms with Crippen LogP contribution in [0.3, 0.4) is 0 Å². The van der Waals surface area contributed by atoms with E-state index in [2.05, 4.69) is 17.0 Å². The smallest absolute Gasteiger partial charge is 0.220 e. The van der Waals surface area contributed by atoms with E-state index in [9.17, 15) is 4.79 Å². The van der Waals surface area contributed by atoms with Crippen LogP contribution >= 0.6 is 0 Å². The lowest BCUT2D eigenvalue weighted by Crippen LogP contribution is -2.51. The third-order valence-electron chi connectivity index (χ3n) is 4.53. The summed E-state index contributed by atoms with van der Waals surface area (Å²) in [4.78, 5) is 16.5. The van der Waals surface area contributed by atoms with E-state index >= 15 is 0 Å². The zero-order valence-electron chi connectivity index (χ0n) is 12.7. The zero-order valence-corrected chi connectivity index (χ0v) is 12.7. The van der Waals surface area contributed by atoms with Gasteiger partial charge >= 0.3 is 0 Å². The van der Waals surface area contributed by atoms with Crippen LogP contribution in [0.1, 0.15) is 31.4 Å². The number of morpholine rings is 1. The topological polar surface area (TPSA) is 32.8 Å². The van der Waals surface area contributed by atoms with Gasteiger partial charge in [-0.2, -0.15) is 0 Å². The van der Waals surface area contributed by atoms with E-state index < -0.39 is 0 Å². The van der Waals surface area contributed by atoms with Crippen molar-refractivity contribution in [2.24, 2.45) is 0 Å². The second kappa shape index (κ2) is 6.58. The van der Waals surface area contributed by atoms with Crippen molar-refractivity contribution in [1.82, 2.24) is 9.80 Å². The Kier molecular flexibility index (Phi) is 4.56. The van der Waals surface area contributed by atoms with Crippen LogP contribution in [0, 0.1) is 0 Å². The van der Waals surface area contributed by atoms with Crippen molar-refractivity contribution in [3.63, 3.8) is 0 Å². The first-order valence-corrected chi connectivity index (χ1v) is 7.92. The highest BCUT2D eigenvalue weighted by Crippen LogP contribution is 2.30. The zero-order chi connectivity index (χ0) is 14.7. The highest BCUT2D eigenvalue weighted by Gasteiger charge is 2.36. The van der Waals surface area contributed by atoms with E-state index in [0.29, 0.717) is 13.2 Å². The molecule has 2 aliphatic heterocycles. The molecule has 0 aliphatic carbocycles. The molecule has 2 saturated heterocycles. The number of likely N-dealkylation sites (tertiary alicyclic amines) is 1. The maximum Gasteiger partial charge on any atom is 0.220 e. The molecule has 4 nitrogen and oxygen atoms in total. The van der Waals surface area contributed by atoms with Crippen molar-refractivity contribution >= 4 is 5.91 Å². The highest BCUT2D eigenvalue weighted by molar-refractivity contribution is 5.74. The second-order valence-corrected chi connectivity index (χ2v) is 5.98. The van der Waals surface area contributed by atoms with Gasteiger partial charge in [0.1, 0.15) is 0 Å². The number of carbonyl (C=O) groups excluding carboxylic acids is 1. The number of nitrogens with zero attached hydrogens (tertiary/aromatic N) is 2. The van der Waals surface area contributed by atoms with E-state index in [0.717, 1.165) is 19.6 Å². The summed E-state index contributed by atoms with van der Waals surface area (Å²) in [6.45, 7) is 6.22. The Bertz CT molecular complexity index is 471. The van der Waals surface area contributed by atoms with Gasteiger partial charge in [0.25, 0.3) is 0 Å². The predicted molar refractivity (Wildman–Crippen MR) is 82.0 cm³/mol. The van der Waals surface area contributed by atoms with Gasteiger partial charge in [0.15, 0.2) is 0 Å². The molecule has 2 fully saturated rings. The Hall–Kier alpha value is -1.39. The summed E-state index contributed by atoms with van der Waals surface area (Å²) >= 11 is 0. The van der Waals surface area contributed by atoms with Crippen LogP contribution in [0.15, 0.2) is 30.3 Å². The molecular formula is C17H24N2O2. The molecule has 2 aliphatic rings. The summed E-state index contributed by atoms with van der Waals surface area (Å²) < 4.78 is 6.05. The Morgan fingerprint density at radius 2 is 1.90 bits per heavy atom. The molecule has 0 saturated carbocycles. The minimum Gasteiger partial charge on any atom is -0.373 e. The van der Waals surface area contributed by atoms with Gasteiger partial charge in [-0.05, 0) is 31.5 Å². The van der Waals surface area contributed by atoms with E-state index in [1.165, 1.54) is 18.4 Å². The Balaban J connectivity index is 1.83. The molecule has 0 N–H and O–H groups in total. The molecule has 1 aromatic rings. The van der Waals surface area contributed by atoms with Crippen LogP contribution in [0.4, 0.5) is 0 Å². The number of amides is 1. The number of ether oxygens (including phenoxy) is 1. The third-order valence-corrected chi connectivity index (χ3v) is 4.53. The maximum absolute atomic E-state index is 12.0. The highest BCUT2D eigenvalue weighted by atomic mass is 16.5. The van der Waals surface area contributed by atoms with Crippen LogP contribution in [0.25, 0.3) is 0 Å². The van der Waals surface area contributed by atoms with Gasteiger partial charge in [0, 0.05) is 20.0 Å². The van der Waals surface area contributed by atoms with Gasteiger partial charge in [-0.15, -0.1) is 0 Å². The van der Waals surface area contributed by atoms with Crippen LogP contribution in [0.2, 0.25) is 0 Å². The molecule has 2 atom stereocenters. The number of hydrogen-bond acceptors (Lipinski definition) is 3. The van der Waals surface area contributed by atoms with E-state index in [1.807, 2.05) is 23.1 Å². The monoisotopic (exact) mass is 288 g/mol. The van der Waals surface area contributed by atoms with Gasteiger partial charge in [0.2, 0.25) is 5.91 Å². The van der Waals surface area contributed by atoms with Crippen molar-refractivity contribution < 1.29 is 9.53 Å². The second-order valence-electron chi connectivity index (χ2n) is 5.98. The van der Waals surface area contributed by atoms with Crippen molar-refractivity contribution in [3.05, 3.63) is 35.9 Å². The molecule has 3 rings (SSSR count). The van der Waals surface area contributed by atoms with Crippen molar-refractivity contribution in [1.29, 1.82) is 0 Å². The van der Waals surface area contributed by atoms with Crippen LogP contribution in [-0.4, -0.2) is 54.6 Å². The van der Waals surface area contributed by atoms with Gasteiger partial charge in [0.05, 0.1) is 18.8 Å². The summed E-state index contributed by atoms with van der Waals surface area (Å²) in [6, 6.07) is 10.3. The number of rotatable bonds is 3. The van der Waals surface area contributed by atoms with Crippen molar-refractivity contribution in [2.75, 3.05) is 32.8 Å². The molecule has 2 heterocycles. The van der Waals surface area contributed by atoms with Gasteiger partial charge in [-0.25, -0.2) is 0 Å². The van der Waals surface area contributed by atoms with Crippen molar-refractivity contribution in [3.8, 4) is 0 Å². The average Bonchev–Trinajstić information content (AvgIpc) is 3.01. The number of benzene rings is 1. The summed E-state index contributed by atoms with van der Waals surface area (Å²) in [5.41, 5.74) is 1.18. The molecule has 4 heteroatoms. The summed E-state index contributed by atoms with van der Waals surface area (Å²) in [6.07, 6.45) is 2.63. The molecule has 0 unspecified atom stereocenters. The van der Waals surface area contributed by atoms with Crippen LogP contribution in [-0.2, 0) is 9.53 Å². The molecule has 1 aromatic carbocycles. The number of hydrogen-bond donors (Lipinski definition) is 0. The fourth-order valence-electron chi connectivity index (χ4n) is 3.50. The number of carbonyl (C=O) groups is 1. The molecular weight excluding hydrogens is 264 g/mol. The minimum absolute atomic E-state index is 0.0399. The first kappa shape index (κ1) is 14.5. The third kappa shape index (κ3) is 3.27. The van der Waals surface area contributed by atoms with Gasteiger partial charge in [-0.3, -0.25) is 4.79 Å². The largest absolute Gasteiger partial charge is 0.373 e. The van der Waals surface area contributed by atoms with Gasteiger partial charge < -0.3 is 14.5 Å². The van der Waals surface area contributed by atoms with Crippen LogP contribution in [0.5, 0.6) is 0 Å². The quantitative estimate of drug-likeness (QED) is 0.853. The van der Waals surface area contributed by atoms with Gasteiger partial charge in [-0.1, -0.05) is 30.3 Å². The standard InChI is InChI=1S/C17H24N2O2/c1-14(20)19-11-12-21-16(13-18-9-5-6-10-18)17(19)15-7-3-2-4-8-15/h2-4,7-8,16-17H,5-6,9-13H2,1H3/t16-,17-/m0/s1. The minimum atomic E-state index is 0.0399. The Morgan fingerprint density at radius 3 is 2.57 bits per heavy atom. The lowest BCUT2D eigenvalue weighted by atomic mass is 9.97.